The fourth-order valence-electron chi connectivity index (χ4n) is 0.313. The zero-order valence-electron chi connectivity index (χ0n) is 6.80. The van der Waals surface area contributed by atoms with Crippen molar-refractivity contribution in [3.05, 3.63) is 30.6 Å². The quantitative estimate of drug-likeness (QED) is 0.680. The third-order valence-corrected chi connectivity index (χ3v) is 0.566. The summed E-state index contributed by atoms with van der Waals surface area (Å²) in [6, 6.07) is 5.72. The van der Waals surface area contributed by atoms with Gasteiger partial charge >= 0.3 is 10.9 Å². The molecule has 0 aliphatic heterocycles. The SMILES string of the molecule is O=C(O)Cl.O=C(O)Cl.c1ccncc1. The van der Waals surface area contributed by atoms with Gasteiger partial charge in [-0.3, -0.25) is 4.98 Å². The van der Waals surface area contributed by atoms with E-state index in [2.05, 4.69) is 28.2 Å². The van der Waals surface area contributed by atoms with Gasteiger partial charge in [0.2, 0.25) is 0 Å². The summed E-state index contributed by atoms with van der Waals surface area (Å²) < 4.78 is 0. The lowest BCUT2D eigenvalue weighted by molar-refractivity contribution is 0.219. The molecule has 5 nitrogen and oxygen atoms in total. The zero-order valence-corrected chi connectivity index (χ0v) is 8.31. The van der Waals surface area contributed by atoms with Crippen LogP contribution in [0.5, 0.6) is 0 Å². The fraction of sp³-hybridized carbons (Fsp3) is 0. The van der Waals surface area contributed by atoms with Crippen molar-refractivity contribution in [2.75, 3.05) is 0 Å². The monoisotopic (exact) mass is 239 g/mol. The first-order valence-corrected chi connectivity index (χ1v) is 3.84. The number of carboxylic acid groups (broad SMARTS) is 2. The van der Waals surface area contributed by atoms with Gasteiger partial charge in [-0.05, 0) is 12.1 Å². The molecule has 1 heterocycles. The first-order chi connectivity index (χ1) is 6.46. The normalized spacial score (nSPS) is 7.00. The van der Waals surface area contributed by atoms with Crippen LogP contribution >= 0.6 is 23.2 Å². The van der Waals surface area contributed by atoms with E-state index in [1.165, 1.54) is 0 Å². The maximum atomic E-state index is 8.77. The second-order valence-corrected chi connectivity index (χ2v) is 2.18. The summed E-state index contributed by atoms with van der Waals surface area (Å²) in [6.45, 7) is 0. The van der Waals surface area contributed by atoms with Gasteiger partial charge in [-0.2, -0.15) is 0 Å². The second-order valence-electron chi connectivity index (χ2n) is 1.53. The Balaban J connectivity index is 0. The molecule has 0 aliphatic carbocycles. The molecule has 0 saturated heterocycles. The summed E-state index contributed by atoms with van der Waals surface area (Å²) in [5.41, 5.74) is -2.72. The minimum atomic E-state index is -1.36. The molecule has 0 amide bonds. The van der Waals surface area contributed by atoms with Crippen LogP contribution in [-0.2, 0) is 0 Å². The van der Waals surface area contributed by atoms with Gasteiger partial charge in [0.25, 0.3) is 0 Å². The molecule has 78 valence electrons. The van der Waals surface area contributed by atoms with Gasteiger partial charge in [0.1, 0.15) is 0 Å². The van der Waals surface area contributed by atoms with Crippen LogP contribution in [0.15, 0.2) is 30.6 Å². The lowest BCUT2D eigenvalue weighted by Gasteiger charge is -1.70. The molecule has 7 heteroatoms. The van der Waals surface area contributed by atoms with Crippen molar-refractivity contribution in [3.8, 4) is 0 Å². The Kier molecular flexibility index (Phi) is 12.6. The highest BCUT2D eigenvalue weighted by atomic mass is 35.5. The summed E-state index contributed by atoms with van der Waals surface area (Å²) in [4.78, 5) is 21.3. The predicted octanol–water partition coefficient (Wildman–Crippen LogP) is 2.89. The van der Waals surface area contributed by atoms with Crippen LogP contribution in [0.2, 0.25) is 0 Å². The van der Waals surface area contributed by atoms with Crippen molar-refractivity contribution in [2.24, 2.45) is 0 Å². The molecular weight excluding hydrogens is 233 g/mol. The van der Waals surface area contributed by atoms with Gasteiger partial charge in [-0.1, -0.05) is 6.07 Å². The summed E-state index contributed by atoms with van der Waals surface area (Å²) >= 11 is 8.38. The molecule has 0 bridgehead atoms. The Morgan fingerprint density at radius 1 is 0.929 bits per heavy atom. The first-order valence-electron chi connectivity index (χ1n) is 3.08. The molecule has 0 saturated carbocycles. The van der Waals surface area contributed by atoms with E-state index in [4.69, 9.17) is 19.8 Å². The molecule has 0 aliphatic rings. The van der Waals surface area contributed by atoms with Crippen LogP contribution in [0.1, 0.15) is 0 Å². The molecule has 1 aromatic heterocycles. The molecule has 2 N–H and O–H groups in total. The van der Waals surface area contributed by atoms with Gasteiger partial charge in [-0.15, -0.1) is 0 Å². The minimum absolute atomic E-state index is 1.36. The maximum Gasteiger partial charge on any atom is 0.401 e. The Morgan fingerprint density at radius 2 is 1.21 bits per heavy atom. The van der Waals surface area contributed by atoms with Gasteiger partial charge in [0.05, 0.1) is 0 Å². The van der Waals surface area contributed by atoms with E-state index >= 15 is 0 Å². The van der Waals surface area contributed by atoms with Crippen molar-refractivity contribution >= 4 is 34.1 Å². The van der Waals surface area contributed by atoms with Crippen molar-refractivity contribution in [2.45, 2.75) is 0 Å². The van der Waals surface area contributed by atoms with E-state index in [0.717, 1.165) is 0 Å². The van der Waals surface area contributed by atoms with Crippen LogP contribution < -0.4 is 0 Å². The van der Waals surface area contributed by atoms with Gasteiger partial charge in [-0.25, -0.2) is 9.59 Å². The van der Waals surface area contributed by atoms with Gasteiger partial charge in [0, 0.05) is 35.6 Å². The van der Waals surface area contributed by atoms with E-state index in [1.807, 2.05) is 18.2 Å². The van der Waals surface area contributed by atoms with Gasteiger partial charge < -0.3 is 10.2 Å². The van der Waals surface area contributed by atoms with Crippen molar-refractivity contribution in [3.63, 3.8) is 0 Å². The number of carbonyl (C=O) groups is 2. The number of hydrogen-bond donors (Lipinski definition) is 2. The van der Waals surface area contributed by atoms with Crippen LogP contribution in [0.4, 0.5) is 9.59 Å². The molecule has 0 radical (unpaired) electrons. The Labute approximate surface area is 89.9 Å². The van der Waals surface area contributed by atoms with Crippen molar-refractivity contribution < 1.29 is 19.8 Å². The molecule has 14 heavy (non-hydrogen) atoms. The number of aromatic nitrogens is 1. The smallest absolute Gasteiger partial charge is 0.401 e. The van der Waals surface area contributed by atoms with E-state index < -0.39 is 10.9 Å². The number of halogens is 2. The van der Waals surface area contributed by atoms with E-state index in [-0.39, 0.29) is 0 Å². The largest absolute Gasteiger partial charge is 0.469 e. The van der Waals surface area contributed by atoms with E-state index in [1.54, 1.807) is 12.4 Å². The Hall–Kier alpha value is -1.33. The lowest BCUT2D eigenvalue weighted by Crippen LogP contribution is -1.66. The van der Waals surface area contributed by atoms with Crippen LogP contribution in [0.25, 0.3) is 0 Å². The molecule has 0 atom stereocenters. The van der Waals surface area contributed by atoms with Gasteiger partial charge in [0.15, 0.2) is 0 Å². The molecule has 0 spiro atoms. The Bertz CT molecular complexity index is 208. The first kappa shape index (κ1) is 15.2. The highest BCUT2D eigenvalue weighted by Crippen LogP contribution is 1.73. The van der Waals surface area contributed by atoms with Crippen molar-refractivity contribution in [1.82, 2.24) is 4.98 Å². The molecule has 0 unspecified atom stereocenters. The molecule has 0 fully saturated rings. The number of nitrogens with zero attached hydrogens (tertiary/aromatic N) is 1. The fourth-order valence-corrected chi connectivity index (χ4v) is 0.313. The average molecular weight is 240 g/mol. The van der Waals surface area contributed by atoms with Crippen LogP contribution in [0, 0.1) is 0 Å². The highest BCUT2D eigenvalue weighted by molar-refractivity contribution is 6.60. The highest BCUT2D eigenvalue weighted by Gasteiger charge is 1.71. The molecule has 1 aromatic rings. The summed E-state index contributed by atoms with van der Waals surface area (Å²) in [5.74, 6) is 0. The summed E-state index contributed by atoms with van der Waals surface area (Å²) in [6.07, 6.45) is 3.50. The topological polar surface area (TPSA) is 87.5 Å². The summed E-state index contributed by atoms with van der Waals surface area (Å²) in [7, 11) is 0. The zero-order chi connectivity index (χ0) is 11.4. The van der Waals surface area contributed by atoms with Crippen LogP contribution in [-0.4, -0.2) is 26.1 Å². The third kappa shape index (κ3) is 45.7. The number of rotatable bonds is 0. The lowest BCUT2D eigenvalue weighted by atomic mass is 10.5. The average Bonchev–Trinajstić information content (AvgIpc) is 2.05. The molecular formula is C7H7Cl2NO4. The predicted molar refractivity (Wildman–Crippen MR) is 52.0 cm³/mol. The van der Waals surface area contributed by atoms with E-state index in [0.29, 0.717) is 0 Å². The molecule has 1 rings (SSSR count). The summed E-state index contributed by atoms with van der Waals surface area (Å²) in [5, 5.41) is 14.4. The van der Waals surface area contributed by atoms with E-state index in [9.17, 15) is 0 Å². The Morgan fingerprint density at radius 3 is 1.29 bits per heavy atom. The maximum absolute atomic E-state index is 8.77. The second kappa shape index (κ2) is 11.7. The third-order valence-electron chi connectivity index (χ3n) is 0.566. The van der Waals surface area contributed by atoms with Crippen LogP contribution in [0.3, 0.4) is 0 Å². The molecule has 0 aromatic carbocycles. The number of hydrogen-bond acceptors (Lipinski definition) is 3. The standard InChI is InChI=1S/C5H5N.2CHClO2/c1-2-4-6-5-3-1;2*2-1(3)4/h1-5H;2*(H,3,4). The minimum Gasteiger partial charge on any atom is -0.469 e. The van der Waals surface area contributed by atoms with Crippen molar-refractivity contribution in [1.29, 1.82) is 0 Å². The number of pyridine rings is 1.